The average Bonchev–Trinajstić information content (AvgIpc) is 3.22. The molecule has 1 aromatic heterocycles. The van der Waals surface area contributed by atoms with Crippen molar-refractivity contribution in [2.24, 2.45) is 5.92 Å². The summed E-state index contributed by atoms with van der Waals surface area (Å²) in [5.41, 5.74) is 2.05. The van der Waals surface area contributed by atoms with Crippen molar-refractivity contribution >= 4 is 38.3 Å². The molecular weight excluding hydrogens is 404 g/mol. The Morgan fingerprint density at radius 2 is 1.80 bits per heavy atom. The molecule has 0 bridgehead atoms. The van der Waals surface area contributed by atoms with E-state index in [0.29, 0.717) is 24.1 Å². The molecule has 0 atom stereocenters. The number of aromatic nitrogens is 2. The predicted molar refractivity (Wildman–Crippen MR) is 113 cm³/mol. The van der Waals surface area contributed by atoms with Gasteiger partial charge in [-0.2, -0.15) is 9.40 Å². The molecule has 1 fully saturated rings. The average molecular weight is 426 g/mol. The molecule has 4 rings (SSSR count). The normalized spacial score (nSPS) is 15.9. The van der Waals surface area contributed by atoms with Crippen LogP contribution in [0.25, 0.3) is 10.9 Å². The molecule has 3 aromatic rings. The summed E-state index contributed by atoms with van der Waals surface area (Å²) >= 11 is 0. The largest absolute Gasteiger partial charge is 0.326 e. The van der Waals surface area contributed by atoms with Crippen LogP contribution in [-0.2, 0) is 14.8 Å². The topological polar surface area (TPSA) is 112 Å². The molecule has 0 saturated carbocycles. The number of benzene rings is 2. The number of aromatic amines is 1. The number of hydrogen-bond donors (Lipinski definition) is 2. The number of anilines is 1. The summed E-state index contributed by atoms with van der Waals surface area (Å²) in [6.07, 6.45) is 2.59. The standard InChI is InChI=1S/C21H22N4O4S/c1-14(26)15-2-5-19(6-3-15)30(28,29)25-10-8-16(9-11-25)21(27)23-18-4-7-20-17(12-18)13-22-24-20/h2-7,12-13,16H,8-11H2,1H3,(H,22,24)(H,23,27). The Morgan fingerprint density at radius 1 is 1.10 bits per heavy atom. The molecule has 9 heteroatoms. The van der Waals surface area contributed by atoms with Crippen LogP contribution in [-0.4, -0.2) is 47.7 Å². The lowest BCUT2D eigenvalue weighted by Gasteiger charge is -2.30. The number of Topliss-reactive ketones (excluding diaryl/α,β-unsaturated/α-hetero) is 1. The van der Waals surface area contributed by atoms with Crippen molar-refractivity contribution in [1.82, 2.24) is 14.5 Å². The number of nitrogens with one attached hydrogen (secondary N) is 2. The van der Waals surface area contributed by atoms with Crippen LogP contribution in [0.4, 0.5) is 5.69 Å². The molecule has 1 amide bonds. The van der Waals surface area contributed by atoms with Gasteiger partial charge in [0.05, 0.1) is 16.6 Å². The number of carbonyl (C=O) groups excluding carboxylic acids is 2. The highest BCUT2D eigenvalue weighted by molar-refractivity contribution is 7.89. The van der Waals surface area contributed by atoms with Crippen LogP contribution in [0.5, 0.6) is 0 Å². The number of hydrogen-bond acceptors (Lipinski definition) is 5. The van der Waals surface area contributed by atoms with E-state index in [-0.39, 0.29) is 35.6 Å². The molecule has 1 aliphatic rings. The fourth-order valence-corrected chi connectivity index (χ4v) is 5.10. The second kappa shape index (κ2) is 8.00. The van der Waals surface area contributed by atoms with Gasteiger partial charge >= 0.3 is 0 Å². The van der Waals surface area contributed by atoms with Crippen LogP contribution < -0.4 is 5.32 Å². The number of rotatable bonds is 5. The first-order valence-corrected chi connectivity index (χ1v) is 11.1. The molecule has 0 spiro atoms. The van der Waals surface area contributed by atoms with Gasteiger partial charge in [0.15, 0.2) is 5.78 Å². The number of ketones is 1. The number of fused-ring (bicyclic) bond motifs is 1. The van der Waals surface area contributed by atoms with Crippen LogP contribution in [0.1, 0.15) is 30.1 Å². The third-order valence-corrected chi connectivity index (χ3v) is 7.34. The monoisotopic (exact) mass is 426 g/mol. The summed E-state index contributed by atoms with van der Waals surface area (Å²) in [6, 6.07) is 11.5. The van der Waals surface area contributed by atoms with Crippen molar-refractivity contribution in [1.29, 1.82) is 0 Å². The summed E-state index contributed by atoms with van der Waals surface area (Å²) in [5, 5.41) is 10.6. The van der Waals surface area contributed by atoms with Crippen LogP contribution >= 0.6 is 0 Å². The smallest absolute Gasteiger partial charge is 0.243 e. The molecule has 1 aliphatic heterocycles. The molecule has 2 heterocycles. The Bertz CT molecular complexity index is 1190. The minimum Gasteiger partial charge on any atom is -0.326 e. The van der Waals surface area contributed by atoms with Crippen molar-refractivity contribution in [3.05, 3.63) is 54.2 Å². The first-order chi connectivity index (χ1) is 14.3. The number of nitrogens with zero attached hydrogens (tertiary/aromatic N) is 2. The summed E-state index contributed by atoms with van der Waals surface area (Å²) < 4.78 is 27.1. The SMILES string of the molecule is CC(=O)c1ccc(S(=O)(=O)N2CCC(C(=O)Nc3ccc4[nH]ncc4c3)CC2)cc1. The molecule has 0 radical (unpaired) electrons. The minimum atomic E-state index is -3.65. The second-order valence-corrected chi connectivity index (χ2v) is 9.36. The first-order valence-electron chi connectivity index (χ1n) is 9.70. The summed E-state index contributed by atoms with van der Waals surface area (Å²) in [5.74, 6) is -0.477. The van der Waals surface area contributed by atoms with Crippen LogP contribution in [0.2, 0.25) is 0 Å². The molecule has 2 N–H and O–H groups in total. The van der Waals surface area contributed by atoms with Gasteiger partial charge in [-0.15, -0.1) is 0 Å². The number of carbonyl (C=O) groups is 2. The summed E-state index contributed by atoms with van der Waals surface area (Å²) in [4.78, 5) is 24.2. The quantitative estimate of drug-likeness (QED) is 0.609. The maximum atomic E-state index is 12.9. The Balaban J connectivity index is 1.38. The van der Waals surface area contributed by atoms with Crippen molar-refractivity contribution in [2.75, 3.05) is 18.4 Å². The van der Waals surface area contributed by atoms with E-state index in [9.17, 15) is 18.0 Å². The van der Waals surface area contributed by atoms with E-state index >= 15 is 0 Å². The van der Waals surface area contributed by atoms with Crippen molar-refractivity contribution in [2.45, 2.75) is 24.7 Å². The van der Waals surface area contributed by atoms with Gasteiger partial charge in [-0.1, -0.05) is 12.1 Å². The van der Waals surface area contributed by atoms with Gasteiger partial charge < -0.3 is 5.32 Å². The lowest BCUT2D eigenvalue weighted by molar-refractivity contribution is -0.120. The van der Waals surface area contributed by atoms with E-state index in [1.165, 1.54) is 35.5 Å². The Hall–Kier alpha value is -3.04. The number of amides is 1. The third kappa shape index (κ3) is 3.99. The van der Waals surface area contributed by atoms with Crippen LogP contribution in [0.3, 0.4) is 0 Å². The van der Waals surface area contributed by atoms with Gasteiger partial charge in [0, 0.05) is 35.6 Å². The fourth-order valence-electron chi connectivity index (χ4n) is 3.63. The molecule has 1 saturated heterocycles. The van der Waals surface area contributed by atoms with Crippen molar-refractivity contribution in [3.63, 3.8) is 0 Å². The zero-order valence-electron chi connectivity index (χ0n) is 16.5. The van der Waals surface area contributed by atoms with Crippen molar-refractivity contribution in [3.8, 4) is 0 Å². The Morgan fingerprint density at radius 3 is 2.47 bits per heavy atom. The molecule has 8 nitrogen and oxygen atoms in total. The highest BCUT2D eigenvalue weighted by Crippen LogP contribution is 2.26. The summed E-state index contributed by atoms with van der Waals surface area (Å²) in [6.45, 7) is 1.98. The van der Waals surface area contributed by atoms with E-state index in [1.807, 2.05) is 18.2 Å². The third-order valence-electron chi connectivity index (χ3n) is 5.43. The maximum absolute atomic E-state index is 12.9. The second-order valence-electron chi connectivity index (χ2n) is 7.42. The van der Waals surface area contributed by atoms with Gasteiger partial charge in [0.1, 0.15) is 0 Å². The van der Waals surface area contributed by atoms with Crippen LogP contribution in [0.15, 0.2) is 53.6 Å². The lowest BCUT2D eigenvalue weighted by Crippen LogP contribution is -2.41. The Kier molecular flexibility index (Phi) is 5.40. The molecule has 0 aliphatic carbocycles. The zero-order valence-corrected chi connectivity index (χ0v) is 17.3. The van der Waals surface area contributed by atoms with E-state index in [0.717, 1.165) is 10.9 Å². The predicted octanol–water partition coefficient (Wildman–Crippen LogP) is 2.80. The van der Waals surface area contributed by atoms with E-state index in [4.69, 9.17) is 0 Å². The fraction of sp³-hybridized carbons (Fsp3) is 0.286. The highest BCUT2D eigenvalue weighted by atomic mass is 32.2. The number of piperidine rings is 1. The highest BCUT2D eigenvalue weighted by Gasteiger charge is 2.32. The van der Waals surface area contributed by atoms with Crippen LogP contribution in [0, 0.1) is 5.92 Å². The number of H-pyrrole nitrogens is 1. The van der Waals surface area contributed by atoms with Gasteiger partial charge in [-0.3, -0.25) is 14.7 Å². The van der Waals surface area contributed by atoms with E-state index in [2.05, 4.69) is 15.5 Å². The van der Waals surface area contributed by atoms with E-state index < -0.39 is 10.0 Å². The van der Waals surface area contributed by atoms with Crippen molar-refractivity contribution < 1.29 is 18.0 Å². The molecular formula is C21H22N4O4S. The first kappa shape index (κ1) is 20.2. The van der Waals surface area contributed by atoms with Gasteiger partial charge in [0.25, 0.3) is 0 Å². The molecule has 156 valence electrons. The zero-order chi connectivity index (χ0) is 21.3. The molecule has 30 heavy (non-hydrogen) atoms. The lowest BCUT2D eigenvalue weighted by atomic mass is 9.97. The van der Waals surface area contributed by atoms with Gasteiger partial charge in [0.2, 0.25) is 15.9 Å². The van der Waals surface area contributed by atoms with E-state index in [1.54, 1.807) is 6.20 Å². The molecule has 0 unspecified atom stereocenters. The minimum absolute atomic E-state index is 0.110. The van der Waals surface area contributed by atoms with Gasteiger partial charge in [-0.05, 0) is 50.1 Å². The Labute approximate surface area is 174 Å². The maximum Gasteiger partial charge on any atom is 0.243 e. The summed E-state index contributed by atoms with van der Waals surface area (Å²) in [7, 11) is -3.65. The molecule has 2 aromatic carbocycles. The number of sulfonamides is 1. The van der Waals surface area contributed by atoms with Gasteiger partial charge in [-0.25, -0.2) is 8.42 Å².